The highest BCUT2D eigenvalue weighted by Gasteiger charge is 2.44. The number of hydrogen-bond acceptors (Lipinski definition) is 3. The van der Waals surface area contributed by atoms with Crippen LogP contribution in [-0.4, -0.2) is 30.0 Å². The number of nitrogens with zero attached hydrogens (tertiary/aromatic N) is 1. The fourth-order valence-corrected chi connectivity index (χ4v) is 3.59. The predicted molar refractivity (Wildman–Crippen MR) is 110 cm³/mol. The normalized spacial score (nSPS) is 16.2. The van der Waals surface area contributed by atoms with Gasteiger partial charge in [0.2, 0.25) is 11.8 Å². The van der Waals surface area contributed by atoms with Crippen molar-refractivity contribution in [2.45, 2.75) is 45.1 Å². The molecule has 2 amide bonds. The van der Waals surface area contributed by atoms with Gasteiger partial charge in [0.1, 0.15) is 6.54 Å². The van der Waals surface area contributed by atoms with Crippen LogP contribution >= 0.6 is 0 Å². The second-order valence-corrected chi connectivity index (χ2v) is 8.17. The molecule has 0 aliphatic carbocycles. The minimum absolute atomic E-state index is 0.0573. The van der Waals surface area contributed by atoms with Crippen LogP contribution in [0.1, 0.15) is 56.4 Å². The van der Waals surface area contributed by atoms with Gasteiger partial charge in [-0.05, 0) is 42.5 Å². The molecule has 0 radical (unpaired) electrons. The van der Waals surface area contributed by atoms with E-state index >= 15 is 0 Å². The number of para-hydroxylation sites is 1. The van der Waals surface area contributed by atoms with Crippen molar-refractivity contribution < 1.29 is 14.7 Å². The lowest BCUT2D eigenvalue weighted by atomic mass is 9.86. The average molecular weight is 380 g/mol. The zero-order valence-electron chi connectivity index (χ0n) is 16.9. The molecule has 0 saturated heterocycles. The fraction of sp³-hybridized carbons (Fsp3) is 0.391. The smallest absolute Gasteiger partial charge is 0.240 e. The van der Waals surface area contributed by atoms with Crippen LogP contribution in [0.15, 0.2) is 48.5 Å². The van der Waals surface area contributed by atoms with Crippen molar-refractivity contribution in [1.82, 2.24) is 5.32 Å². The van der Waals surface area contributed by atoms with Crippen LogP contribution in [0.3, 0.4) is 0 Å². The highest BCUT2D eigenvalue weighted by atomic mass is 16.3. The van der Waals surface area contributed by atoms with Gasteiger partial charge in [-0.15, -0.1) is 0 Å². The highest BCUT2D eigenvalue weighted by molar-refractivity contribution is 6.10. The number of benzene rings is 2. The third kappa shape index (κ3) is 3.80. The molecule has 0 bridgehead atoms. The number of anilines is 1. The van der Waals surface area contributed by atoms with Crippen LogP contribution in [-0.2, 0) is 15.0 Å². The van der Waals surface area contributed by atoms with Crippen molar-refractivity contribution in [3.63, 3.8) is 0 Å². The van der Waals surface area contributed by atoms with Gasteiger partial charge in [0, 0.05) is 12.2 Å². The maximum Gasteiger partial charge on any atom is 0.240 e. The molecule has 5 nitrogen and oxygen atoms in total. The standard InChI is InChI=1S/C23H28N2O3/c1-15(2)16-9-11-17(12-10-16)20(26)13-24-21(27)14-25-19-8-6-5-7-18(19)23(3,4)22(25)28/h5-12,15,20,26H,13-14H2,1-4H3,(H,24,27). The maximum absolute atomic E-state index is 12.8. The number of aliphatic hydroxyl groups excluding tert-OH is 1. The molecular formula is C23H28N2O3. The van der Waals surface area contributed by atoms with Crippen LogP contribution in [0.25, 0.3) is 0 Å². The Morgan fingerprint density at radius 1 is 1.07 bits per heavy atom. The molecule has 28 heavy (non-hydrogen) atoms. The van der Waals surface area contributed by atoms with E-state index in [1.165, 1.54) is 10.5 Å². The van der Waals surface area contributed by atoms with Gasteiger partial charge in [0.05, 0.1) is 11.5 Å². The molecule has 3 rings (SSSR count). The predicted octanol–water partition coefficient (Wildman–Crippen LogP) is 3.28. The van der Waals surface area contributed by atoms with Gasteiger partial charge in [-0.1, -0.05) is 56.3 Å². The zero-order chi connectivity index (χ0) is 20.5. The first kappa shape index (κ1) is 20.1. The summed E-state index contributed by atoms with van der Waals surface area (Å²) in [5, 5.41) is 13.1. The van der Waals surface area contributed by atoms with Crippen molar-refractivity contribution in [1.29, 1.82) is 0 Å². The van der Waals surface area contributed by atoms with Crippen LogP contribution in [0.4, 0.5) is 5.69 Å². The SMILES string of the molecule is CC(C)c1ccc(C(O)CNC(=O)CN2C(=O)C(C)(C)c3ccccc32)cc1. The summed E-state index contributed by atoms with van der Waals surface area (Å²) in [5.41, 5.74) is 3.02. The Morgan fingerprint density at radius 3 is 2.32 bits per heavy atom. The van der Waals surface area contributed by atoms with Gasteiger partial charge >= 0.3 is 0 Å². The summed E-state index contributed by atoms with van der Waals surface area (Å²) in [6.07, 6.45) is -0.789. The quantitative estimate of drug-likeness (QED) is 0.808. The van der Waals surface area contributed by atoms with Crippen molar-refractivity contribution in [2.24, 2.45) is 0 Å². The Kier molecular flexibility index (Phi) is 5.57. The van der Waals surface area contributed by atoms with Crippen molar-refractivity contribution in [3.8, 4) is 0 Å². The van der Waals surface area contributed by atoms with E-state index in [0.717, 1.165) is 16.8 Å². The number of amides is 2. The first-order valence-corrected chi connectivity index (χ1v) is 9.68. The second kappa shape index (κ2) is 7.76. The van der Waals surface area contributed by atoms with Crippen molar-refractivity contribution in [2.75, 3.05) is 18.0 Å². The Balaban J connectivity index is 1.61. The molecule has 1 atom stereocenters. The molecule has 1 aliphatic heterocycles. The lowest BCUT2D eigenvalue weighted by Crippen LogP contribution is -2.43. The third-order valence-electron chi connectivity index (χ3n) is 5.43. The molecule has 1 aliphatic rings. The van der Waals surface area contributed by atoms with Crippen molar-refractivity contribution >= 4 is 17.5 Å². The van der Waals surface area contributed by atoms with Crippen LogP contribution in [0.5, 0.6) is 0 Å². The van der Waals surface area contributed by atoms with Gasteiger partial charge < -0.3 is 15.3 Å². The van der Waals surface area contributed by atoms with Gasteiger partial charge in [0.25, 0.3) is 0 Å². The van der Waals surface area contributed by atoms with E-state index in [4.69, 9.17) is 0 Å². The molecule has 2 N–H and O–H groups in total. The van der Waals surface area contributed by atoms with E-state index in [0.29, 0.717) is 5.92 Å². The maximum atomic E-state index is 12.8. The number of carbonyl (C=O) groups excluding carboxylic acids is 2. The molecule has 1 unspecified atom stereocenters. The summed E-state index contributed by atoms with van der Waals surface area (Å²) in [5.74, 6) is 0.0448. The minimum Gasteiger partial charge on any atom is -0.387 e. The summed E-state index contributed by atoms with van der Waals surface area (Å²) < 4.78 is 0. The molecule has 0 aromatic heterocycles. The molecular weight excluding hydrogens is 352 g/mol. The van der Waals surface area contributed by atoms with E-state index in [1.54, 1.807) is 0 Å². The Hall–Kier alpha value is -2.66. The van der Waals surface area contributed by atoms with Crippen LogP contribution in [0.2, 0.25) is 0 Å². The minimum atomic E-state index is -0.789. The van der Waals surface area contributed by atoms with E-state index in [1.807, 2.05) is 62.4 Å². The summed E-state index contributed by atoms with van der Waals surface area (Å²) in [6.45, 7) is 8.02. The first-order valence-electron chi connectivity index (χ1n) is 9.68. The summed E-state index contributed by atoms with van der Waals surface area (Å²) in [7, 11) is 0. The Bertz CT molecular complexity index is 872. The Morgan fingerprint density at radius 2 is 1.68 bits per heavy atom. The fourth-order valence-electron chi connectivity index (χ4n) is 3.59. The van der Waals surface area contributed by atoms with E-state index in [-0.39, 0.29) is 24.9 Å². The number of rotatable bonds is 6. The molecule has 1 heterocycles. The number of aliphatic hydroxyl groups is 1. The number of nitrogens with one attached hydrogen (secondary N) is 1. The van der Waals surface area contributed by atoms with Gasteiger partial charge in [0.15, 0.2) is 0 Å². The number of fused-ring (bicyclic) bond motifs is 1. The first-order chi connectivity index (χ1) is 13.2. The largest absolute Gasteiger partial charge is 0.387 e. The molecule has 0 saturated carbocycles. The van der Waals surface area contributed by atoms with Crippen LogP contribution in [0, 0.1) is 0 Å². The molecule has 148 valence electrons. The number of carbonyl (C=O) groups is 2. The van der Waals surface area contributed by atoms with E-state index in [2.05, 4.69) is 19.2 Å². The third-order valence-corrected chi connectivity index (χ3v) is 5.43. The topological polar surface area (TPSA) is 69.6 Å². The summed E-state index contributed by atoms with van der Waals surface area (Å²) in [6, 6.07) is 15.3. The lowest BCUT2D eigenvalue weighted by Gasteiger charge is -2.20. The van der Waals surface area contributed by atoms with Crippen molar-refractivity contribution in [3.05, 3.63) is 65.2 Å². The molecule has 5 heteroatoms. The van der Waals surface area contributed by atoms with Gasteiger partial charge in [-0.25, -0.2) is 0 Å². The molecule has 2 aromatic rings. The lowest BCUT2D eigenvalue weighted by molar-refractivity contribution is -0.125. The van der Waals surface area contributed by atoms with Crippen LogP contribution < -0.4 is 10.2 Å². The van der Waals surface area contributed by atoms with E-state index < -0.39 is 11.5 Å². The van der Waals surface area contributed by atoms with Gasteiger partial charge in [-0.3, -0.25) is 9.59 Å². The van der Waals surface area contributed by atoms with E-state index in [9.17, 15) is 14.7 Å². The molecule has 2 aromatic carbocycles. The zero-order valence-corrected chi connectivity index (χ0v) is 16.9. The Labute approximate surface area is 166 Å². The second-order valence-electron chi connectivity index (χ2n) is 8.17. The highest BCUT2D eigenvalue weighted by Crippen LogP contribution is 2.40. The number of hydrogen-bond donors (Lipinski definition) is 2. The average Bonchev–Trinajstić information content (AvgIpc) is 2.87. The molecule has 0 fully saturated rings. The summed E-state index contributed by atoms with van der Waals surface area (Å²) >= 11 is 0. The monoisotopic (exact) mass is 380 g/mol. The molecule has 0 spiro atoms. The summed E-state index contributed by atoms with van der Waals surface area (Å²) in [4.78, 5) is 26.7. The van der Waals surface area contributed by atoms with Gasteiger partial charge in [-0.2, -0.15) is 0 Å².